The highest BCUT2D eigenvalue weighted by atomic mass is 16.5. The van der Waals surface area contributed by atoms with Gasteiger partial charge < -0.3 is 4.74 Å². The Labute approximate surface area is 165 Å². The molecule has 1 saturated heterocycles. The molecule has 1 amide bonds. The van der Waals surface area contributed by atoms with E-state index < -0.39 is 0 Å². The molecule has 3 aromatic rings. The number of benzene rings is 2. The second kappa shape index (κ2) is 8.89. The summed E-state index contributed by atoms with van der Waals surface area (Å²) in [5, 5.41) is 5.24. The van der Waals surface area contributed by atoms with Gasteiger partial charge in [-0.25, -0.2) is 5.43 Å². The number of aryl methyl sites for hydroxylation is 1. The number of hydrogen-bond acceptors (Lipinski definition) is 4. The number of fused-ring (bicyclic) bond motifs is 1. The summed E-state index contributed by atoms with van der Waals surface area (Å²) >= 11 is 0. The summed E-state index contributed by atoms with van der Waals surface area (Å²) < 4.78 is 5.89. The zero-order chi connectivity index (χ0) is 19.2. The molecule has 0 unspecified atom stereocenters. The fourth-order valence-electron chi connectivity index (χ4n) is 3.57. The third-order valence-electron chi connectivity index (χ3n) is 5.13. The molecule has 1 aliphatic rings. The Bertz CT molecular complexity index is 917. The first-order chi connectivity index (χ1) is 13.8. The number of nitrogens with zero attached hydrogens (tertiary/aromatic N) is 3. The van der Waals surface area contributed by atoms with Crippen molar-refractivity contribution >= 4 is 16.8 Å². The van der Waals surface area contributed by atoms with E-state index in [2.05, 4.69) is 15.4 Å². The number of nitrogens with one attached hydrogen (secondary N) is 1. The van der Waals surface area contributed by atoms with E-state index >= 15 is 0 Å². The molecule has 0 atom stereocenters. The van der Waals surface area contributed by atoms with E-state index in [0.717, 1.165) is 28.8 Å². The van der Waals surface area contributed by atoms with Crippen LogP contribution >= 0.6 is 0 Å². The first kappa shape index (κ1) is 18.5. The Balaban J connectivity index is 1.31. The Kier molecular flexibility index (Phi) is 5.87. The largest absolute Gasteiger partial charge is 0.492 e. The van der Waals surface area contributed by atoms with Gasteiger partial charge in [-0.1, -0.05) is 30.3 Å². The van der Waals surface area contributed by atoms with Gasteiger partial charge >= 0.3 is 0 Å². The van der Waals surface area contributed by atoms with Crippen molar-refractivity contribution in [2.24, 2.45) is 0 Å². The van der Waals surface area contributed by atoms with E-state index in [1.165, 1.54) is 30.7 Å². The Morgan fingerprint density at radius 1 is 1.11 bits per heavy atom. The van der Waals surface area contributed by atoms with Crippen molar-refractivity contribution in [1.29, 1.82) is 0 Å². The smallest absolute Gasteiger partial charge is 0.240 e. The third-order valence-corrected chi connectivity index (χ3v) is 5.13. The highest BCUT2D eigenvalue weighted by Crippen LogP contribution is 2.20. The maximum absolute atomic E-state index is 12.3. The fourth-order valence-corrected chi connectivity index (χ4v) is 3.57. The Morgan fingerprint density at radius 3 is 2.75 bits per heavy atom. The summed E-state index contributed by atoms with van der Waals surface area (Å²) in [7, 11) is 0. The van der Waals surface area contributed by atoms with Gasteiger partial charge in [-0.15, -0.1) is 0 Å². The molecule has 0 saturated carbocycles. The van der Waals surface area contributed by atoms with Gasteiger partial charge in [-0.05, 0) is 56.1 Å². The van der Waals surface area contributed by atoms with Gasteiger partial charge in [0.2, 0.25) is 5.91 Å². The standard InChI is InChI=1S/C22H26N4O2/c27-22(11-8-18-6-2-1-3-7-18)24-26-21-10-9-20(16-19(21)17-23-26)28-15-14-25-12-4-5-13-25/h1-3,6-7,9-10,16-17H,4-5,8,11-15H2,(H,24,27). The molecule has 146 valence electrons. The molecular weight excluding hydrogens is 352 g/mol. The summed E-state index contributed by atoms with van der Waals surface area (Å²) in [5.74, 6) is 0.779. The molecule has 1 fully saturated rings. The molecular formula is C22H26N4O2. The number of ether oxygens (including phenoxy) is 1. The Morgan fingerprint density at radius 2 is 1.93 bits per heavy atom. The van der Waals surface area contributed by atoms with Crippen LogP contribution in [0.1, 0.15) is 24.8 Å². The normalized spacial score (nSPS) is 14.4. The predicted octanol–water partition coefficient (Wildman–Crippen LogP) is 3.21. The fraction of sp³-hybridized carbons (Fsp3) is 0.364. The number of aromatic nitrogens is 2. The van der Waals surface area contributed by atoms with Gasteiger partial charge in [-0.3, -0.25) is 9.69 Å². The van der Waals surface area contributed by atoms with Crippen molar-refractivity contribution in [3.63, 3.8) is 0 Å². The lowest BCUT2D eigenvalue weighted by Gasteiger charge is -2.15. The second-order valence-electron chi connectivity index (χ2n) is 7.19. The van der Waals surface area contributed by atoms with Crippen molar-refractivity contribution in [2.45, 2.75) is 25.7 Å². The van der Waals surface area contributed by atoms with E-state index in [1.807, 2.05) is 48.5 Å². The SMILES string of the molecule is O=C(CCc1ccccc1)Nn1ncc2cc(OCCN3CCCC3)ccc21. The van der Waals surface area contributed by atoms with Crippen molar-refractivity contribution < 1.29 is 9.53 Å². The van der Waals surface area contributed by atoms with Gasteiger partial charge in [0, 0.05) is 18.4 Å². The van der Waals surface area contributed by atoms with Crippen molar-refractivity contribution in [3.8, 4) is 5.75 Å². The van der Waals surface area contributed by atoms with Gasteiger partial charge in [0.05, 0.1) is 11.7 Å². The monoisotopic (exact) mass is 378 g/mol. The summed E-state index contributed by atoms with van der Waals surface area (Å²) in [4.78, 5) is 16.2. The van der Waals surface area contributed by atoms with Crippen LogP contribution in [0.25, 0.3) is 10.9 Å². The van der Waals surface area contributed by atoms with Crippen LogP contribution in [-0.4, -0.2) is 46.9 Å². The van der Waals surface area contributed by atoms with Crippen LogP contribution in [-0.2, 0) is 11.2 Å². The number of likely N-dealkylation sites (tertiary alicyclic amines) is 1. The lowest BCUT2D eigenvalue weighted by Crippen LogP contribution is -2.25. The minimum Gasteiger partial charge on any atom is -0.492 e. The van der Waals surface area contributed by atoms with Gasteiger partial charge in [0.25, 0.3) is 0 Å². The second-order valence-corrected chi connectivity index (χ2v) is 7.19. The molecule has 28 heavy (non-hydrogen) atoms. The summed E-state index contributed by atoms with van der Waals surface area (Å²) in [5.41, 5.74) is 4.87. The van der Waals surface area contributed by atoms with Crippen LogP contribution in [0.3, 0.4) is 0 Å². The van der Waals surface area contributed by atoms with E-state index in [9.17, 15) is 4.79 Å². The topological polar surface area (TPSA) is 59.4 Å². The van der Waals surface area contributed by atoms with Gasteiger partial charge in [-0.2, -0.15) is 9.89 Å². The predicted molar refractivity (Wildman–Crippen MR) is 110 cm³/mol. The number of rotatable bonds is 8. The molecule has 2 heterocycles. The van der Waals surface area contributed by atoms with Crippen LogP contribution < -0.4 is 10.2 Å². The first-order valence-corrected chi connectivity index (χ1v) is 9.95. The minimum atomic E-state index is -0.0557. The summed E-state index contributed by atoms with van der Waals surface area (Å²) in [6, 6.07) is 15.8. The molecule has 0 radical (unpaired) electrons. The molecule has 0 bridgehead atoms. The highest BCUT2D eigenvalue weighted by molar-refractivity contribution is 5.87. The molecule has 1 N–H and O–H groups in total. The molecule has 0 spiro atoms. The molecule has 1 aromatic heterocycles. The van der Waals surface area contributed by atoms with Crippen LogP contribution in [0.15, 0.2) is 54.7 Å². The Hall–Kier alpha value is -2.86. The number of amides is 1. The quantitative estimate of drug-likeness (QED) is 0.654. The van der Waals surface area contributed by atoms with E-state index in [1.54, 1.807) is 6.20 Å². The maximum atomic E-state index is 12.3. The average Bonchev–Trinajstić information content (AvgIpc) is 3.37. The molecule has 4 rings (SSSR count). The van der Waals surface area contributed by atoms with Crippen LogP contribution in [0.5, 0.6) is 5.75 Å². The van der Waals surface area contributed by atoms with E-state index in [4.69, 9.17) is 4.74 Å². The molecule has 6 heteroatoms. The highest BCUT2D eigenvalue weighted by Gasteiger charge is 2.11. The van der Waals surface area contributed by atoms with Crippen LogP contribution in [0.4, 0.5) is 0 Å². The van der Waals surface area contributed by atoms with Gasteiger partial charge in [0.15, 0.2) is 0 Å². The van der Waals surface area contributed by atoms with Gasteiger partial charge in [0.1, 0.15) is 12.4 Å². The first-order valence-electron chi connectivity index (χ1n) is 9.95. The van der Waals surface area contributed by atoms with Crippen LogP contribution in [0.2, 0.25) is 0 Å². The zero-order valence-electron chi connectivity index (χ0n) is 16.0. The summed E-state index contributed by atoms with van der Waals surface area (Å²) in [6.07, 6.45) is 5.47. The molecule has 0 aliphatic carbocycles. The lowest BCUT2D eigenvalue weighted by molar-refractivity contribution is -0.117. The number of carbonyl (C=O) groups is 1. The van der Waals surface area contributed by atoms with E-state index in [-0.39, 0.29) is 5.91 Å². The van der Waals surface area contributed by atoms with Crippen molar-refractivity contribution in [1.82, 2.24) is 14.8 Å². The molecule has 2 aromatic carbocycles. The van der Waals surface area contributed by atoms with E-state index in [0.29, 0.717) is 19.4 Å². The molecule has 1 aliphatic heterocycles. The molecule has 6 nitrogen and oxygen atoms in total. The minimum absolute atomic E-state index is 0.0557. The lowest BCUT2D eigenvalue weighted by atomic mass is 10.1. The maximum Gasteiger partial charge on any atom is 0.240 e. The zero-order valence-corrected chi connectivity index (χ0v) is 16.0. The summed E-state index contributed by atoms with van der Waals surface area (Å²) in [6.45, 7) is 4.02. The average molecular weight is 378 g/mol. The van der Waals surface area contributed by atoms with Crippen molar-refractivity contribution in [3.05, 3.63) is 60.3 Å². The van der Waals surface area contributed by atoms with Crippen molar-refractivity contribution in [2.75, 3.05) is 31.7 Å². The van der Waals surface area contributed by atoms with Crippen LogP contribution in [0, 0.1) is 0 Å². The third kappa shape index (κ3) is 4.70. The number of carbonyl (C=O) groups excluding carboxylic acids is 1. The number of hydrogen-bond donors (Lipinski definition) is 1.